The van der Waals surface area contributed by atoms with E-state index in [1.54, 1.807) is 24.4 Å². The Labute approximate surface area is 182 Å². The van der Waals surface area contributed by atoms with Gasteiger partial charge in [0.05, 0.1) is 17.7 Å². The van der Waals surface area contributed by atoms with Gasteiger partial charge in [0, 0.05) is 17.3 Å². The van der Waals surface area contributed by atoms with Crippen LogP contribution < -0.4 is 5.73 Å². The molecular weight excluding hydrogens is 396 g/mol. The third-order valence-corrected chi connectivity index (χ3v) is 5.24. The number of rotatable bonds is 3. The van der Waals surface area contributed by atoms with Crippen LogP contribution in [0.3, 0.4) is 0 Å². The van der Waals surface area contributed by atoms with Gasteiger partial charge in [-0.3, -0.25) is 0 Å². The predicted molar refractivity (Wildman–Crippen MR) is 122 cm³/mol. The summed E-state index contributed by atoms with van der Waals surface area (Å²) in [5.41, 5.74) is 12.1. The van der Waals surface area contributed by atoms with E-state index in [0.717, 1.165) is 35.1 Å². The van der Waals surface area contributed by atoms with Crippen LogP contribution in [0, 0.1) is 11.8 Å². The zero-order chi connectivity index (χ0) is 21.7. The molecule has 0 saturated carbocycles. The lowest BCUT2D eigenvalue weighted by atomic mass is 9.93. The minimum absolute atomic E-state index is 0.336. The number of nitrogens with zero attached hydrogens (tertiary/aromatic N) is 1. The van der Waals surface area contributed by atoms with Crippen LogP contribution in [-0.2, 0) is 4.74 Å². The van der Waals surface area contributed by atoms with Crippen LogP contribution in [0.15, 0.2) is 65.4 Å². The van der Waals surface area contributed by atoms with Crippen molar-refractivity contribution >= 4 is 29.0 Å². The van der Waals surface area contributed by atoms with E-state index in [2.05, 4.69) is 42.8 Å². The van der Waals surface area contributed by atoms with Crippen molar-refractivity contribution in [1.82, 2.24) is 4.98 Å². The molecule has 0 unspecified atom stereocenters. The highest BCUT2D eigenvalue weighted by molar-refractivity contribution is 6.33. The molecule has 3 rings (SSSR count). The zero-order valence-electron chi connectivity index (χ0n) is 17.3. The largest absolute Gasteiger partial charge is 0.465 e. The Morgan fingerprint density at radius 1 is 1.23 bits per heavy atom. The fraction of sp³-hybridized carbons (Fsp3) is 0.200. The molecule has 0 aliphatic heterocycles. The topological polar surface area (TPSA) is 65.2 Å². The standard InChI is InChI=1S/C25H23ClN2O2/c1-4-17-5-10-21(19-8-11-22(23(26)14-19)25(29)30-3)20(16(2)13-17)9-6-18-7-12-24(27)28-15-18/h5,7-8,10-12,14-15H,4,13H2,1-3H3,(H2,27,28). The third kappa shape index (κ3) is 4.82. The lowest BCUT2D eigenvalue weighted by Gasteiger charge is -2.12. The molecule has 0 amide bonds. The maximum Gasteiger partial charge on any atom is 0.339 e. The molecule has 4 nitrogen and oxygen atoms in total. The van der Waals surface area contributed by atoms with Gasteiger partial charge >= 0.3 is 5.97 Å². The average molecular weight is 419 g/mol. The van der Waals surface area contributed by atoms with E-state index in [0.29, 0.717) is 16.4 Å². The molecule has 5 heteroatoms. The first-order valence-corrected chi connectivity index (χ1v) is 10.0. The number of anilines is 1. The SMILES string of the molecule is CCC1=CC=C(c2ccc(C(=O)OC)c(Cl)c2)C(C#Cc2ccc(N)nc2)=C(C)C1. The number of methoxy groups -OCH3 is 1. The molecule has 1 aliphatic rings. The van der Waals surface area contributed by atoms with Crippen molar-refractivity contribution < 1.29 is 9.53 Å². The lowest BCUT2D eigenvalue weighted by molar-refractivity contribution is 0.0601. The molecule has 0 atom stereocenters. The van der Waals surface area contributed by atoms with E-state index in [1.165, 1.54) is 18.3 Å². The van der Waals surface area contributed by atoms with Crippen LogP contribution in [-0.4, -0.2) is 18.1 Å². The first-order chi connectivity index (χ1) is 14.4. The van der Waals surface area contributed by atoms with Gasteiger partial charge in [-0.1, -0.05) is 59.7 Å². The zero-order valence-corrected chi connectivity index (χ0v) is 18.0. The molecule has 0 bridgehead atoms. The number of esters is 1. The minimum atomic E-state index is -0.461. The number of carbonyl (C=O) groups excluding carboxylic acids is 1. The Kier molecular flexibility index (Phi) is 6.76. The van der Waals surface area contributed by atoms with Crippen LogP contribution in [0.25, 0.3) is 5.57 Å². The highest BCUT2D eigenvalue weighted by atomic mass is 35.5. The number of allylic oxidation sites excluding steroid dienone is 6. The second-order valence-corrected chi connectivity index (χ2v) is 7.41. The third-order valence-electron chi connectivity index (χ3n) is 4.93. The summed E-state index contributed by atoms with van der Waals surface area (Å²) in [4.78, 5) is 16.0. The summed E-state index contributed by atoms with van der Waals surface area (Å²) in [6.45, 7) is 4.24. The van der Waals surface area contributed by atoms with E-state index in [1.807, 2.05) is 12.1 Å². The van der Waals surface area contributed by atoms with Gasteiger partial charge in [-0.25, -0.2) is 9.78 Å². The molecule has 1 aromatic heterocycles. The van der Waals surface area contributed by atoms with Crippen molar-refractivity contribution in [3.63, 3.8) is 0 Å². The Bertz CT molecular complexity index is 1130. The van der Waals surface area contributed by atoms with Crippen molar-refractivity contribution in [2.75, 3.05) is 12.8 Å². The monoisotopic (exact) mass is 418 g/mol. The summed E-state index contributed by atoms with van der Waals surface area (Å²) in [6.07, 6.45) is 7.70. The number of halogens is 1. The Hall–Kier alpha value is -3.29. The Morgan fingerprint density at radius 3 is 2.67 bits per heavy atom. The lowest BCUT2D eigenvalue weighted by Crippen LogP contribution is -2.02. The van der Waals surface area contributed by atoms with Gasteiger partial charge in [0.15, 0.2) is 0 Å². The summed E-state index contributed by atoms with van der Waals surface area (Å²) in [7, 11) is 1.34. The molecule has 0 radical (unpaired) electrons. The van der Waals surface area contributed by atoms with Gasteiger partial charge in [-0.15, -0.1) is 0 Å². The molecule has 1 heterocycles. The number of nitrogen functional groups attached to an aromatic ring is 1. The molecule has 2 N–H and O–H groups in total. The highest BCUT2D eigenvalue weighted by Gasteiger charge is 2.17. The second kappa shape index (κ2) is 9.47. The van der Waals surface area contributed by atoms with Crippen LogP contribution >= 0.6 is 11.6 Å². The van der Waals surface area contributed by atoms with Crippen LogP contribution in [0.2, 0.25) is 5.02 Å². The molecule has 1 aromatic carbocycles. The van der Waals surface area contributed by atoms with Gasteiger partial charge in [-0.2, -0.15) is 0 Å². The molecule has 0 fully saturated rings. The van der Waals surface area contributed by atoms with Crippen LogP contribution in [0.4, 0.5) is 5.82 Å². The first-order valence-electron chi connectivity index (χ1n) is 9.64. The number of aromatic nitrogens is 1. The Morgan fingerprint density at radius 2 is 2.03 bits per heavy atom. The van der Waals surface area contributed by atoms with Crippen LogP contribution in [0.1, 0.15) is 48.2 Å². The van der Waals surface area contributed by atoms with E-state index in [-0.39, 0.29) is 0 Å². The second-order valence-electron chi connectivity index (χ2n) is 7.00. The Balaban J connectivity index is 2.09. The van der Waals surface area contributed by atoms with Crippen molar-refractivity contribution in [2.24, 2.45) is 0 Å². The predicted octanol–water partition coefficient (Wildman–Crippen LogP) is 5.60. The van der Waals surface area contributed by atoms with Gasteiger partial charge in [-0.05, 0) is 55.2 Å². The normalized spacial score (nSPS) is 13.6. The molecule has 152 valence electrons. The smallest absolute Gasteiger partial charge is 0.339 e. The first kappa shape index (κ1) is 21.4. The molecule has 2 aromatic rings. The molecule has 0 saturated heterocycles. The van der Waals surface area contributed by atoms with Gasteiger partial charge in [0.25, 0.3) is 0 Å². The van der Waals surface area contributed by atoms with Gasteiger partial charge in [0.1, 0.15) is 5.82 Å². The number of pyridine rings is 1. The number of benzene rings is 1. The summed E-state index contributed by atoms with van der Waals surface area (Å²) < 4.78 is 4.79. The number of ether oxygens (including phenoxy) is 1. The van der Waals surface area contributed by atoms with E-state index in [9.17, 15) is 4.79 Å². The fourth-order valence-corrected chi connectivity index (χ4v) is 3.49. The summed E-state index contributed by atoms with van der Waals surface area (Å²) in [5, 5.41) is 0.344. The van der Waals surface area contributed by atoms with E-state index >= 15 is 0 Å². The van der Waals surface area contributed by atoms with Gasteiger partial charge in [0.2, 0.25) is 0 Å². The molecule has 30 heavy (non-hydrogen) atoms. The van der Waals surface area contributed by atoms with E-state index < -0.39 is 5.97 Å². The minimum Gasteiger partial charge on any atom is -0.465 e. The van der Waals surface area contributed by atoms with Crippen molar-refractivity contribution in [3.05, 3.63) is 87.1 Å². The maximum absolute atomic E-state index is 11.9. The number of hydrogen-bond donors (Lipinski definition) is 1. The summed E-state index contributed by atoms with van der Waals surface area (Å²) in [6, 6.07) is 8.92. The number of carbonyl (C=O) groups is 1. The quantitative estimate of drug-likeness (QED) is 0.520. The van der Waals surface area contributed by atoms with Crippen molar-refractivity contribution in [1.29, 1.82) is 0 Å². The summed E-state index contributed by atoms with van der Waals surface area (Å²) in [5.74, 6) is 6.51. The fourth-order valence-electron chi connectivity index (χ4n) is 3.23. The van der Waals surface area contributed by atoms with Crippen molar-refractivity contribution in [3.8, 4) is 11.8 Å². The average Bonchev–Trinajstić information content (AvgIpc) is 2.91. The number of hydrogen-bond acceptors (Lipinski definition) is 4. The number of nitrogens with two attached hydrogens (primary N) is 1. The highest BCUT2D eigenvalue weighted by Crippen LogP contribution is 2.33. The molecule has 0 spiro atoms. The van der Waals surface area contributed by atoms with Crippen LogP contribution in [0.5, 0.6) is 0 Å². The van der Waals surface area contributed by atoms with Gasteiger partial charge < -0.3 is 10.5 Å². The maximum atomic E-state index is 11.9. The van der Waals surface area contributed by atoms with E-state index in [4.69, 9.17) is 22.1 Å². The van der Waals surface area contributed by atoms with Crippen molar-refractivity contribution in [2.45, 2.75) is 26.7 Å². The molecular formula is C25H23ClN2O2. The summed E-state index contributed by atoms with van der Waals surface area (Å²) >= 11 is 6.38. The molecule has 1 aliphatic carbocycles.